The second-order valence-electron chi connectivity index (χ2n) is 4.54. The largest absolute Gasteiger partial charge is 0.480 e. The van der Waals surface area contributed by atoms with Crippen LogP contribution in [0.4, 0.5) is 4.79 Å². The van der Waals surface area contributed by atoms with Gasteiger partial charge in [0.2, 0.25) is 0 Å². The lowest BCUT2D eigenvalue weighted by Crippen LogP contribution is -2.47. The molecule has 21 heavy (non-hydrogen) atoms. The van der Waals surface area contributed by atoms with Gasteiger partial charge in [0.15, 0.2) is 0 Å². The normalized spacial score (nSPS) is 11.9. The number of unbranched alkanes of at least 4 members (excludes halogenated alkanes) is 1. The fraction of sp³-hybridized carbons (Fsp3) is 0.615. The van der Waals surface area contributed by atoms with Crippen LogP contribution in [0.3, 0.4) is 0 Å². The molecule has 1 heterocycles. The van der Waals surface area contributed by atoms with Crippen LogP contribution in [-0.4, -0.2) is 52.9 Å². The van der Waals surface area contributed by atoms with Crippen LogP contribution >= 0.6 is 0 Å². The predicted molar refractivity (Wildman–Crippen MR) is 76.0 cm³/mol. The van der Waals surface area contributed by atoms with Crippen LogP contribution in [-0.2, 0) is 16.0 Å². The third kappa shape index (κ3) is 7.31. The molecule has 0 aliphatic heterocycles. The Hall–Kier alpha value is -2.09. The molecule has 2 amide bonds. The summed E-state index contributed by atoms with van der Waals surface area (Å²) in [6, 6.07) is -1.53. The van der Waals surface area contributed by atoms with E-state index >= 15 is 0 Å². The van der Waals surface area contributed by atoms with E-state index in [4.69, 9.17) is 9.84 Å². The molecule has 118 valence electrons. The lowest BCUT2D eigenvalue weighted by Gasteiger charge is -2.14. The van der Waals surface area contributed by atoms with Crippen LogP contribution in [0.2, 0.25) is 0 Å². The zero-order valence-corrected chi connectivity index (χ0v) is 12.1. The molecule has 0 radical (unpaired) electrons. The van der Waals surface area contributed by atoms with E-state index < -0.39 is 18.0 Å². The number of carbonyl (C=O) groups excluding carboxylic acids is 1. The van der Waals surface area contributed by atoms with Crippen molar-refractivity contribution >= 4 is 12.0 Å². The van der Waals surface area contributed by atoms with E-state index in [-0.39, 0.29) is 6.42 Å². The molecule has 4 N–H and O–H groups in total. The fourth-order valence-electron chi connectivity index (χ4n) is 1.61. The highest BCUT2D eigenvalue weighted by Crippen LogP contribution is 1.98. The zero-order valence-electron chi connectivity index (χ0n) is 12.1. The van der Waals surface area contributed by atoms with Gasteiger partial charge in [-0.3, -0.25) is 0 Å². The van der Waals surface area contributed by atoms with E-state index in [2.05, 4.69) is 27.5 Å². The first kappa shape index (κ1) is 17.0. The van der Waals surface area contributed by atoms with Crippen molar-refractivity contribution in [3.63, 3.8) is 0 Å². The molecule has 0 unspecified atom stereocenters. The average Bonchev–Trinajstić information content (AvgIpc) is 2.95. The quantitative estimate of drug-likeness (QED) is 0.470. The van der Waals surface area contributed by atoms with Gasteiger partial charge < -0.3 is 25.5 Å². The molecule has 0 aliphatic rings. The van der Waals surface area contributed by atoms with Crippen molar-refractivity contribution in [2.24, 2.45) is 0 Å². The summed E-state index contributed by atoms with van der Waals surface area (Å²) in [5.74, 6) is -1.10. The number of hydrogen-bond donors (Lipinski definition) is 4. The van der Waals surface area contributed by atoms with E-state index in [0.29, 0.717) is 25.5 Å². The van der Waals surface area contributed by atoms with Crippen molar-refractivity contribution in [2.45, 2.75) is 32.2 Å². The Labute approximate surface area is 123 Å². The number of hydrogen-bond acceptors (Lipinski definition) is 4. The van der Waals surface area contributed by atoms with Gasteiger partial charge in [-0.1, -0.05) is 13.3 Å². The molecule has 0 fully saturated rings. The fourth-order valence-corrected chi connectivity index (χ4v) is 1.61. The molecule has 8 nitrogen and oxygen atoms in total. The molecule has 0 saturated carbocycles. The standard InChI is InChI=1S/C13H22N4O4/c1-2-3-5-21-6-4-15-13(20)17-11(12(18)19)7-10-8-14-9-16-10/h8-9,11H,2-7H2,1H3,(H,14,16)(H,18,19)(H2,15,17,20)/t11-/m1/s1. The molecular weight excluding hydrogens is 276 g/mol. The average molecular weight is 298 g/mol. The Kier molecular flexibility index (Phi) is 7.88. The second-order valence-corrected chi connectivity index (χ2v) is 4.54. The Morgan fingerprint density at radius 2 is 2.29 bits per heavy atom. The number of aromatic nitrogens is 2. The maximum atomic E-state index is 11.6. The van der Waals surface area contributed by atoms with Gasteiger partial charge >= 0.3 is 12.0 Å². The third-order valence-corrected chi connectivity index (χ3v) is 2.76. The number of rotatable bonds is 10. The topological polar surface area (TPSA) is 116 Å². The van der Waals surface area contributed by atoms with Crippen LogP contribution in [0.15, 0.2) is 12.5 Å². The number of nitrogens with one attached hydrogen (secondary N) is 3. The molecule has 0 spiro atoms. The van der Waals surface area contributed by atoms with E-state index in [1.807, 2.05) is 0 Å². The van der Waals surface area contributed by atoms with E-state index in [1.165, 1.54) is 12.5 Å². The number of carboxylic acid groups (broad SMARTS) is 1. The number of H-pyrrole nitrogens is 1. The number of amides is 2. The first-order chi connectivity index (χ1) is 10.1. The van der Waals surface area contributed by atoms with Crippen molar-refractivity contribution in [2.75, 3.05) is 19.8 Å². The SMILES string of the molecule is CCCCOCCNC(=O)N[C@H](Cc1cnc[nH]1)C(=O)O. The summed E-state index contributed by atoms with van der Waals surface area (Å²) in [5.41, 5.74) is 0.644. The minimum absolute atomic E-state index is 0.149. The van der Waals surface area contributed by atoms with Gasteiger partial charge in [0.1, 0.15) is 6.04 Å². The van der Waals surface area contributed by atoms with Crippen LogP contribution in [0.5, 0.6) is 0 Å². The third-order valence-electron chi connectivity index (χ3n) is 2.76. The van der Waals surface area contributed by atoms with Crippen molar-refractivity contribution in [3.05, 3.63) is 18.2 Å². The number of nitrogens with zero attached hydrogens (tertiary/aromatic N) is 1. The molecular formula is C13H22N4O4. The van der Waals surface area contributed by atoms with E-state index in [1.54, 1.807) is 0 Å². The number of ether oxygens (including phenoxy) is 1. The maximum Gasteiger partial charge on any atom is 0.326 e. The van der Waals surface area contributed by atoms with Gasteiger partial charge in [0.25, 0.3) is 0 Å². The van der Waals surface area contributed by atoms with Gasteiger partial charge in [0, 0.05) is 31.5 Å². The maximum absolute atomic E-state index is 11.6. The summed E-state index contributed by atoms with van der Waals surface area (Å²) in [6.07, 6.45) is 5.17. The Morgan fingerprint density at radius 3 is 2.90 bits per heavy atom. The first-order valence-electron chi connectivity index (χ1n) is 6.95. The zero-order chi connectivity index (χ0) is 15.5. The smallest absolute Gasteiger partial charge is 0.326 e. The summed E-state index contributed by atoms with van der Waals surface area (Å²) < 4.78 is 5.29. The van der Waals surface area contributed by atoms with Gasteiger partial charge in [-0.15, -0.1) is 0 Å². The molecule has 0 aliphatic carbocycles. The lowest BCUT2D eigenvalue weighted by atomic mass is 10.2. The Balaban J connectivity index is 2.24. The molecule has 1 rings (SSSR count). The van der Waals surface area contributed by atoms with Crippen molar-refractivity contribution in [1.29, 1.82) is 0 Å². The van der Waals surface area contributed by atoms with Crippen molar-refractivity contribution < 1.29 is 19.4 Å². The van der Waals surface area contributed by atoms with Crippen LogP contribution < -0.4 is 10.6 Å². The molecule has 0 aromatic carbocycles. The van der Waals surface area contributed by atoms with Gasteiger partial charge in [0.05, 0.1) is 12.9 Å². The number of aliphatic carboxylic acids is 1. The number of aromatic amines is 1. The predicted octanol–water partition coefficient (Wildman–Crippen LogP) is 0.521. The van der Waals surface area contributed by atoms with E-state index in [9.17, 15) is 9.59 Å². The number of urea groups is 1. The first-order valence-corrected chi connectivity index (χ1v) is 6.95. The summed E-state index contributed by atoms with van der Waals surface area (Å²) in [7, 11) is 0. The number of imidazole rings is 1. The highest BCUT2D eigenvalue weighted by molar-refractivity contribution is 5.82. The Morgan fingerprint density at radius 1 is 1.48 bits per heavy atom. The minimum Gasteiger partial charge on any atom is -0.480 e. The minimum atomic E-state index is -1.10. The molecule has 0 saturated heterocycles. The van der Waals surface area contributed by atoms with Gasteiger partial charge in [-0.25, -0.2) is 14.6 Å². The molecule has 1 aromatic heterocycles. The lowest BCUT2D eigenvalue weighted by molar-refractivity contribution is -0.139. The van der Waals surface area contributed by atoms with E-state index in [0.717, 1.165) is 12.8 Å². The summed E-state index contributed by atoms with van der Waals surface area (Å²) in [4.78, 5) is 29.3. The molecule has 1 atom stereocenters. The van der Waals surface area contributed by atoms with Crippen LogP contribution in [0.1, 0.15) is 25.5 Å². The van der Waals surface area contributed by atoms with Crippen LogP contribution in [0, 0.1) is 0 Å². The monoisotopic (exact) mass is 298 g/mol. The highest BCUT2D eigenvalue weighted by Gasteiger charge is 2.20. The molecule has 0 bridgehead atoms. The van der Waals surface area contributed by atoms with Crippen molar-refractivity contribution in [1.82, 2.24) is 20.6 Å². The summed E-state index contributed by atoms with van der Waals surface area (Å²) >= 11 is 0. The number of carboxylic acids is 1. The number of carbonyl (C=O) groups is 2. The Bertz CT molecular complexity index is 422. The summed E-state index contributed by atoms with van der Waals surface area (Å²) in [6.45, 7) is 3.48. The summed E-state index contributed by atoms with van der Waals surface area (Å²) in [5, 5.41) is 14.1. The van der Waals surface area contributed by atoms with Gasteiger partial charge in [-0.2, -0.15) is 0 Å². The molecule has 1 aromatic rings. The van der Waals surface area contributed by atoms with Crippen LogP contribution in [0.25, 0.3) is 0 Å². The highest BCUT2D eigenvalue weighted by atomic mass is 16.5. The van der Waals surface area contributed by atoms with Gasteiger partial charge in [-0.05, 0) is 6.42 Å². The van der Waals surface area contributed by atoms with Crippen molar-refractivity contribution in [3.8, 4) is 0 Å². The molecule has 8 heteroatoms. The second kappa shape index (κ2) is 9.76.